The van der Waals surface area contributed by atoms with Crippen molar-refractivity contribution >= 4 is 23.1 Å². The highest BCUT2D eigenvalue weighted by molar-refractivity contribution is 6.01. The lowest BCUT2D eigenvalue weighted by atomic mass is 10.1. The molecular weight excluding hydrogens is 316 g/mol. The maximum Gasteiger partial charge on any atom is 0.246 e. The Morgan fingerprint density at radius 3 is 2.88 bits per heavy atom. The molecule has 0 spiro atoms. The third-order valence-corrected chi connectivity index (χ3v) is 4.45. The summed E-state index contributed by atoms with van der Waals surface area (Å²) in [5.41, 5.74) is 4.31. The number of aromatic nitrogens is 2. The lowest BCUT2D eigenvalue weighted by molar-refractivity contribution is -0.122. The molecule has 0 radical (unpaired) electrons. The largest absolute Gasteiger partial charge is 0.344 e. The number of anilines is 1. The van der Waals surface area contributed by atoms with Crippen LogP contribution in [0.15, 0.2) is 48.8 Å². The van der Waals surface area contributed by atoms with Crippen molar-refractivity contribution in [3.05, 3.63) is 54.4 Å². The van der Waals surface area contributed by atoms with E-state index in [-0.39, 0.29) is 11.8 Å². The Hall–Kier alpha value is -3.15. The van der Waals surface area contributed by atoms with Crippen LogP contribution in [-0.2, 0) is 9.59 Å². The van der Waals surface area contributed by atoms with Crippen molar-refractivity contribution in [3.8, 4) is 11.3 Å². The Morgan fingerprint density at radius 1 is 1.28 bits per heavy atom. The number of para-hydroxylation sites is 1. The number of carbonyl (C=O) groups excluding carboxylic acids is 2. The maximum atomic E-state index is 12.4. The number of nitrogens with one attached hydrogen (secondary N) is 2. The summed E-state index contributed by atoms with van der Waals surface area (Å²) in [5.74, 6) is -0.275. The van der Waals surface area contributed by atoms with Crippen molar-refractivity contribution in [1.82, 2.24) is 14.7 Å². The molecule has 25 heavy (non-hydrogen) atoms. The number of aryl methyl sites for hydroxylation is 1. The highest BCUT2D eigenvalue weighted by Crippen LogP contribution is 2.28. The predicted octanol–water partition coefficient (Wildman–Crippen LogP) is 2.53. The van der Waals surface area contributed by atoms with Gasteiger partial charge in [-0.05, 0) is 31.0 Å². The van der Waals surface area contributed by atoms with E-state index >= 15 is 0 Å². The molecule has 1 saturated heterocycles. The molecule has 3 aromatic rings. The Morgan fingerprint density at radius 2 is 2.12 bits per heavy atom. The zero-order valence-corrected chi connectivity index (χ0v) is 13.8. The van der Waals surface area contributed by atoms with Gasteiger partial charge in [0.25, 0.3) is 0 Å². The molecule has 1 fully saturated rings. The molecule has 1 atom stereocenters. The van der Waals surface area contributed by atoms with Crippen molar-refractivity contribution in [3.63, 3.8) is 0 Å². The number of benzene rings is 1. The molecule has 1 aliphatic heterocycles. The normalized spacial score (nSPS) is 16.8. The molecule has 0 bridgehead atoms. The fourth-order valence-electron chi connectivity index (χ4n) is 3.13. The smallest absolute Gasteiger partial charge is 0.246 e. The van der Waals surface area contributed by atoms with Gasteiger partial charge in [-0.25, -0.2) is 4.98 Å². The van der Waals surface area contributed by atoms with Crippen LogP contribution in [-0.4, -0.2) is 27.2 Å². The van der Waals surface area contributed by atoms with Gasteiger partial charge < -0.3 is 15.0 Å². The first-order chi connectivity index (χ1) is 12.1. The maximum absolute atomic E-state index is 12.4. The van der Waals surface area contributed by atoms with Gasteiger partial charge in [-0.3, -0.25) is 9.59 Å². The first-order valence-corrected chi connectivity index (χ1v) is 8.26. The van der Waals surface area contributed by atoms with E-state index in [4.69, 9.17) is 4.98 Å². The first-order valence-electron chi connectivity index (χ1n) is 8.26. The topological polar surface area (TPSA) is 75.5 Å². The van der Waals surface area contributed by atoms with Gasteiger partial charge in [-0.15, -0.1) is 0 Å². The van der Waals surface area contributed by atoms with Crippen LogP contribution >= 0.6 is 0 Å². The van der Waals surface area contributed by atoms with Gasteiger partial charge in [0.2, 0.25) is 11.8 Å². The number of nitrogens with zero attached hydrogens (tertiary/aromatic N) is 2. The summed E-state index contributed by atoms with van der Waals surface area (Å²) < 4.78 is 1.97. The Balaban J connectivity index is 1.67. The predicted molar refractivity (Wildman–Crippen MR) is 95.2 cm³/mol. The third-order valence-electron chi connectivity index (χ3n) is 4.45. The van der Waals surface area contributed by atoms with Crippen LogP contribution in [0.5, 0.6) is 0 Å². The molecule has 2 aromatic heterocycles. The second kappa shape index (κ2) is 6.05. The van der Waals surface area contributed by atoms with E-state index < -0.39 is 6.04 Å². The molecule has 1 unspecified atom stereocenters. The van der Waals surface area contributed by atoms with Gasteiger partial charge in [-0.1, -0.05) is 24.3 Å². The van der Waals surface area contributed by atoms with E-state index in [1.54, 1.807) is 0 Å². The Kier molecular flexibility index (Phi) is 3.72. The molecule has 6 heteroatoms. The number of imidazole rings is 1. The summed E-state index contributed by atoms with van der Waals surface area (Å²) in [5, 5.41) is 5.62. The molecular formula is C19H18N4O2. The third kappa shape index (κ3) is 2.87. The number of fused-ring (bicyclic) bond motifs is 1. The highest BCUT2D eigenvalue weighted by Gasteiger charge is 2.27. The zero-order chi connectivity index (χ0) is 17.4. The lowest BCUT2D eigenvalue weighted by Crippen LogP contribution is -2.37. The zero-order valence-electron chi connectivity index (χ0n) is 13.8. The fraction of sp³-hybridized carbons (Fsp3) is 0.211. The summed E-state index contributed by atoms with van der Waals surface area (Å²) in [6.45, 7) is 2.02. The van der Waals surface area contributed by atoms with Crippen LogP contribution in [0.1, 0.15) is 18.4 Å². The molecule has 6 nitrogen and oxygen atoms in total. The molecule has 1 aromatic carbocycles. The fourth-order valence-corrected chi connectivity index (χ4v) is 3.13. The first kappa shape index (κ1) is 15.4. The molecule has 2 amide bonds. The molecule has 0 saturated carbocycles. The average molecular weight is 334 g/mol. The molecule has 2 N–H and O–H groups in total. The molecule has 4 rings (SSSR count). The van der Waals surface area contributed by atoms with Crippen molar-refractivity contribution < 1.29 is 9.59 Å². The van der Waals surface area contributed by atoms with Crippen LogP contribution in [0.2, 0.25) is 0 Å². The van der Waals surface area contributed by atoms with E-state index in [0.717, 1.165) is 22.5 Å². The van der Waals surface area contributed by atoms with Gasteiger partial charge in [0, 0.05) is 24.4 Å². The summed E-state index contributed by atoms with van der Waals surface area (Å²) in [6.07, 6.45) is 4.82. The second-order valence-electron chi connectivity index (χ2n) is 6.24. The Bertz CT molecular complexity index is 976. The minimum atomic E-state index is -0.469. The van der Waals surface area contributed by atoms with Crippen molar-refractivity contribution in [2.75, 3.05) is 5.32 Å². The van der Waals surface area contributed by atoms with Gasteiger partial charge in [0.05, 0.1) is 11.4 Å². The van der Waals surface area contributed by atoms with E-state index in [1.165, 1.54) is 0 Å². The number of rotatable bonds is 3. The minimum absolute atomic E-state index is 0.0794. The number of pyridine rings is 1. The monoisotopic (exact) mass is 334 g/mol. The summed E-state index contributed by atoms with van der Waals surface area (Å²) in [7, 11) is 0. The molecule has 0 aliphatic carbocycles. The summed E-state index contributed by atoms with van der Waals surface area (Å²) in [4.78, 5) is 28.4. The van der Waals surface area contributed by atoms with Gasteiger partial charge in [0.15, 0.2) is 0 Å². The van der Waals surface area contributed by atoms with E-state index in [2.05, 4.69) is 10.6 Å². The van der Waals surface area contributed by atoms with Crippen LogP contribution in [0, 0.1) is 6.92 Å². The highest BCUT2D eigenvalue weighted by atomic mass is 16.2. The van der Waals surface area contributed by atoms with Gasteiger partial charge in [-0.2, -0.15) is 0 Å². The van der Waals surface area contributed by atoms with E-state index in [1.807, 2.05) is 60.1 Å². The molecule has 3 heterocycles. The molecule has 126 valence electrons. The van der Waals surface area contributed by atoms with E-state index in [0.29, 0.717) is 18.5 Å². The summed E-state index contributed by atoms with van der Waals surface area (Å²) >= 11 is 0. The van der Waals surface area contributed by atoms with E-state index in [9.17, 15) is 9.59 Å². The van der Waals surface area contributed by atoms with Crippen molar-refractivity contribution in [1.29, 1.82) is 0 Å². The summed E-state index contributed by atoms with van der Waals surface area (Å²) in [6, 6.07) is 11.1. The molecule has 1 aliphatic rings. The second-order valence-corrected chi connectivity index (χ2v) is 6.24. The number of amides is 2. The van der Waals surface area contributed by atoms with Crippen LogP contribution in [0.4, 0.5) is 5.69 Å². The number of carbonyl (C=O) groups is 2. The van der Waals surface area contributed by atoms with Gasteiger partial charge >= 0.3 is 0 Å². The standard InChI is InChI=1S/C19H18N4O2/c1-12-5-4-10-23-11-16(21-18(12)23)13-6-2-3-7-14(13)22-19(25)15-8-9-17(24)20-15/h2-7,10-11,15H,8-9H2,1H3,(H,20,24)(H,22,25). The van der Waals surface area contributed by atoms with Gasteiger partial charge in [0.1, 0.15) is 11.7 Å². The number of hydrogen-bond acceptors (Lipinski definition) is 3. The van der Waals surface area contributed by atoms with Crippen molar-refractivity contribution in [2.45, 2.75) is 25.8 Å². The van der Waals surface area contributed by atoms with Crippen LogP contribution < -0.4 is 10.6 Å². The SMILES string of the molecule is Cc1cccn2cc(-c3ccccc3NC(=O)C3CCC(=O)N3)nc12. The van der Waals surface area contributed by atoms with Crippen LogP contribution in [0.3, 0.4) is 0 Å². The quantitative estimate of drug-likeness (QED) is 0.773. The van der Waals surface area contributed by atoms with Crippen molar-refractivity contribution in [2.24, 2.45) is 0 Å². The average Bonchev–Trinajstić information content (AvgIpc) is 3.22. The number of hydrogen-bond donors (Lipinski definition) is 2. The Labute approximate surface area is 144 Å². The lowest BCUT2D eigenvalue weighted by Gasteiger charge is -2.13. The minimum Gasteiger partial charge on any atom is -0.344 e. The van der Waals surface area contributed by atoms with Crippen LogP contribution in [0.25, 0.3) is 16.9 Å².